The summed E-state index contributed by atoms with van der Waals surface area (Å²) in [7, 11) is 4.19. The molecule has 1 aliphatic rings. The maximum atomic E-state index is 6.15. The summed E-state index contributed by atoms with van der Waals surface area (Å²) >= 11 is 6.15. The van der Waals surface area contributed by atoms with Crippen LogP contribution in [-0.4, -0.2) is 25.5 Å². The first-order valence-corrected chi connectivity index (χ1v) is 7.89. The highest BCUT2D eigenvalue weighted by Gasteiger charge is 2.18. The molecule has 2 nitrogen and oxygen atoms in total. The number of nitrogens with zero attached hydrogens (tertiary/aromatic N) is 1. The maximum absolute atomic E-state index is 6.15. The number of halogens is 1. The maximum Gasteiger partial charge on any atom is 0.127 e. The summed E-state index contributed by atoms with van der Waals surface area (Å²) in [4.78, 5) is 2.19. The molecule has 0 saturated carbocycles. The first-order valence-electron chi connectivity index (χ1n) is 7.51. The van der Waals surface area contributed by atoms with E-state index in [-0.39, 0.29) is 0 Å². The van der Waals surface area contributed by atoms with Crippen LogP contribution < -0.4 is 4.74 Å². The van der Waals surface area contributed by atoms with E-state index in [0.717, 1.165) is 34.9 Å². The van der Waals surface area contributed by atoms with Gasteiger partial charge in [-0.2, -0.15) is 0 Å². The summed E-state index contributed by atoms with van der Waals surface area (Å²) in [6, 6.07) is 14.3. The van der Waals surface area contributed by atoms with Gasteiger partial charge in [0.2, 0.25) is 0 Å². The van der Waals surface area contributed by atoms with Crippen LogP contribution in [0.1, 0.15) is 23.1 Å². The van der Waals surface area contributed by atoms with E-state index in [0.29, 0.717) is 6.61 Å². The van der Waals surface area contributed by atoms with Crippen molar-refractivity contribution < 1.29 is 4.74 Å². The van der Waals surface area contributed by atoms with Crippen LogP contribution in [-0.2, 0) is 6.61 Å². The molecular formula is C19H20ClNO. The number of para-hydroxylation sites is 1. The molecule has 22 heavy (non-hydrogen) atoms. The highest BCUT2D eigenvalue weighted by Crippen LogP contribution is 2.37. The van der Waals surface area contributed by atoms with Crippen LogP contribution in [0.25, 0.3) is 5.57 Å². The van der Waals surface area contributed by atoms with Gasteiger partial charge in [-0.15, -0.1) is 0 Å². The van der Waals surface area contributed by atoms with Gasteiger partial charge >= 0.3 is 0 Å². The van der Waals surface area contributed by atoms with Crippen molar-refractivity contribution in [1.29, 1.82) is 0 Å². The van der Waals surface area contributed by atoms with Gasteiger partial charge < -0.3 is 9.64 Å². The summed E-state index contributed by atoms with van der Waals surface area (Å²) in [5.74, 6) is 0.936. The van der Waals surface area contributed by atoms with Gasteiger partial charge in [-0.05, 0) is 55.4 Å². The molecule has 1 aliphatic heterocycles. The van der Waals surface area contributed by atoms with E-state index in [1.165, 1.54) is 11.1 Å². The third-order valence-corrected chi connectivity index (χ3v) is 4.08. The summed E-state index contributed by atoms with van der Waals surface area (Å²) in [5, 5.41) is 0.751. The molecule has 2 aromatic carbocycles. The Hall–Kier alpha value is -1.77. The molecule has 0 radical (unpaired) electrons. The normalized spacial score (nSPS) is 15.2. The molecule has 0 bridgehead atoms. The van der Waals surface area contributed by atoms with Gasteiger partial charge in [-0.3, -0.25) is 0 Å². The standard InChI is InChI=1S/C19H20ClNO/c1-21(2)11-5-7-17-16-10-9-15(20)12-14(16)13-22-19-8-4-3-6-18(17)19/h3-4,6-10,12H,5,11,13H2,1-2H3. The zero-order valence-electron chi connectivity index (χ0n) is 13.0. The number of fused-ring (bicyclic) bond motifs is 2. The lowest BCUT2D eigenvalue weighted by molar-refractivity contribution is 0.307. The fourth-order valence-electron chi connectivity index (χ4n) is 2.75. The average Bonchev–Trinajstić information content (AvgIpc) is 2.64. The molecule has 0 amide bonds. The quantitative estimate of drug-likeness (QED) is 0.820. The number of benzene rings is 2. The minimum atomic E-state index is 0.553. The Morgan fingerprint density at radius 3 is 2.77 bits per heavy atom. The lowest BCUT2D eigenvalue weighted by Crippen LogP contribution is -2.12. The highest BCUT2D eigenvalue weighted by atomic mass is 35.5. The second-order valence-electron chi connectivity index (χ2n) is 5.80. The third-order valence-electron chi connectivity index (χ3n) is 3.84. The Morgan fingerprint density at radius 1 is 1.14 bits per heavy atom. The molecular weight excluding hydrogens is 294 g/mol. The molecule has 0 fully saturated rings. The summed E-state index contributed by atoms with van der Waals surface area (Å²) in [6.07, 6.45) is 3.30. The SMILES string of the molecule is CN(C)CCC=C1c2ccc(Cl)cc2COc2ccccc21. The first-order chi connectivity index (χ1) is 10.6. The first kappa shape index (κ1) is 15.1. The van der Waals surface area contributed by atoms with Crippen molar-refractivity contribution in [2.24, 2.45) is 0 Å². The lowest BCUT2D eigenvalue weighted by atomic mass is 9.93. The van der Waals surface area contributed by atoms with Crippen LogP contribution in [0.3, 0.4) is 0 Å². The van der Waals surface area contributed by atoms with E-state index in [9.17, 15) is 0 Å². The third kappa shape index (κ3) is 3.18. The zero-order chi connectivity index (χ0) is 15.5. The largest absolute Gasteiger partial charge is 0.488 e. The molecule has 0 saturated heterocycles. The molecule has 0 N–H and O–H groups in total. The van der Waals surface area contributed by atoms with Gasteiger partial charge in [0.05, 0.1) is 0 Å². The number of hydrogen-bond acceptors (Lipinski definition) is 2. The molecule has 0 unspecified atom stereocenters. The molecule has 0 aliphatic carbocycles. The van der Waals surface area contributed by atoms with Crippen LogP contribution in [0.2, 0.25) is 5.02 Å². The zero-order valence-corrected chi connectivity index (χ0v) is 13.7. The van der Waals surface area contributed by atoms with Crippen molar-refractivity contribution in [1.82, 2.24) is 4.90 Å². The number of rotatable bonds is 3. The number of ether oxygens (including phenoxy) is 1. The Balaban J connectivity index is 2.08. The lowest BCUT2D eigenvalue weighted by Gasteiger charge is -2.12. The van der Waals surface area contributed by atoms with E-state index in [1.54, 1.807) is 0 Å². The van der Waals surface area contributed by atoms with Crippen molar-refractivity contribution in [2.75, 3.05) is 20.6 Å². The van der Waals surface area contributed by atoms with E-state index < -0.39 is 0 Å². The molecule has 114 valence electrons. The van der Waals surface area contributed by atoms with Gasteiger partial charge in [-0.25, -0.2) is 0 Å². The molecule has 2 aromatic rings. The minimum absolute atomic E-state index is 0.553. The molecule has 0 spiro atoms. The van der Waals surface area contributed by atoms with Crippen LogP contribution in [0.5, 0.6) is 5.75 Å². The van der Waals surface area contributed by atoms with Crippen LogP contribution in [0, 0.1) is 0 Å². The molecule has 0 atom stereocenters. The van der Waals surface area contributed by atoms with Crippen LogP contribution in [0.4, 0.5) is 0 Å². The summed E-state index contributed by atoms with van der Waals surface area (Å²) in [6.45, 7) is 1.58. The predicted octanol–water partition coefficient (Wildman–Crippen LogP) is 4.62. The monoisotopic (exact) mass is 313 g/mol. The minimum Gasteiger partial charge on any atom is -0.488 e. The second kappa shape index (κ2) is 6.55. The Bertz CT molecular complexity index is 706. The van der Waals surface area contributed by atoms with E-state index >= 15 is 0 Å². The van der Waals surface area contributed by atoms with Crippen LogP contribution in [0.15, 0.2) is 48.5 Å². The van der Waals surface area contributed by atoms with E-state index in [1.807, 2.05) is 24.3 Å². The van der Waals surface area contributed by atoms with Gasteiger partial charge in [-0.1, -0.05) is 41.9 Å². The summed E-state index contributed by atoms with van der Waals surface area (Å²) in [5.41, 5.74) is 4.75. The number of hydrogen-bond donors (Lipinski definition) is 0. The van der Waals surface area contributed by atoms with Crippen molar-refractivity contribution in [3.63, 3.8) is 0 Å². The fraction of sp³-hybridized carbons (Fsp3) is 0.263. The molecule has 1 heterocycles. The van der Waals surface area contributed by atoms with Gasteiger partial charge in [0.15, 0.2) is 0 Å². The Kier molecular flexibility index (Phi) is 4.51. The van der Waals surface area contributed by atoms with Gasteiger partial charge in [0.25, 0.3) is 0 Å². The fourth-order valence-corrected chi connectivity index (χ4v) is 2.94. The van der Waals surface area contributed by atoms with Crippen molar-refractivity contribution in [3.05, 3.63) is 70.3 Å². The van der Waals surface area contributed by atoms with Crippen molar-refractivity contribution in [3.8, 4) is 5.75 Å². The predicted molar refractivity (Wildman–Crippen MR) is 92.5 cm³/mol. The molecule has 3 heteroatoms. The highest BCUT2D eigenvalue weighted by molar-refractivity contribution is 6.30. The Morgan fingerprint density at radius 2 is 1.95 bits per heavy atom. The smallest absolute Gasteiger partial charge is 0.127 e. The molecule has 3 rings (SSSR count). The molecule has 0 aromatic heterocycles. The van der Waals surface area contributed by atoms with E-state index in [2.05, 4.69) is 43.3 Å². The average molecular weight is 314 g/mol. The van der Waals surface area contributed by atoms with Gasteiger partial charge in [0, 0.05) is 17.1 Å². The Labute approximate surface area is 137 Å². The van der Waals surface area contributed by atoms with Crippen LogP contribution >= 0.6 is 11.6 Å². The summed E-state index contributed by atoms with van der Waals surface area (Å²) < 4.78 is 5.98. The second-order valence-corrected chi connectivity index (χ2v) is 6.23. The topological polar surface area (TPSA) is 12.5 Å². The van der Waals surface area contributed by atoms with E-state index in [4.69, 9.17) is 16.3 Å². The van der Waals surface area contributed by atoms with Crippen molar-refractivity contribution >= 4 is 17.2 Å². The van der Waals surface area contributed by atoms with Gasteiger partial charge in [0.1, 0.15) is 12.4 Å². The van der Waals surface area contributed by atoms with Crippen molar-refractivity contribution in [2.45, 2.75) is 13.0 Å².